The van der Waals surface area contributed by atoms with Gasteiger partial charge in [-0.05, 0) is 54.8 Å². The van der Waals surface area contributed by atoms with E-state index >= 15 is 0 Å². The zero-order chi connectivity index (χ0) is 22.6. The van der Waals surface area contributed by atoms with E-state index in [4.69, 9.17) is 16.3 Å². The minimum Gasteiger partial charge on any atom is -0.368 e. The fourth-order valence-electron chi connectivity index (χ4n) is 2.88. The molecule has 2 aromatic rings. The van der Waals surface area contributed by atoms with E-state index in [0.29, 0.717) is 36.1 Å². The number of carbonyl (C=O) groups excluding carboxylic acids is 1. The SMILES string of the molecule is O=C(Nc1ccc(NS(=O)(=O)/C=C/c2ccc(Cl)cc2)c(C(F)(F)F)c1)C1CCCO1. The van der Waals surface area contributed by atoms with Crippen LogP contribution in [0.25, 0.3) is 6.08 Å². The average molecular weight is 475 g/mol. The lowest BCUT2D eigenvalue weighted by atomic mass is 10.1. The van der Waals surface area contributed by atoms with Gasteiger partial charge in [0.2, 0.25) is 0 Å². The van der Waals surface area contributed by atoms with Crippen LogP contribution in [-0.4, -0.2) is 27.0 Å². The third-order valence-corrected chi connectivity index (χ3v) is 5.63. The maximum absolute atomic E-state index is 13.5. The number of nitrogens with one attached hydrogen (secondary N) is 2. The Kier molecular flexibility index (Phi) is 6.93. The van der Waals surface area contributed by atoms with Crippen LogP contribution >= 0.6 is 11.6 Å². The van der Waals surface area contributed by atoms with E-state index in [0.717, 1.165) is 11.5 Å². The van der Waals surface area contributed by atoms with Crippen LogP contribution in [0.2, 0.25) is 5.02 Å². The Morgan fingerprint density at radius 2 is 1.87 bits per heavy atom. The van der Waals surface area contributed by atoms with Gasteiger partial charge in [0, 0.05) is 17.3 Å². The molecule has 2 N–H and O–H groups in total. The number of hydrogen-bond acceptors (Lipinski definition) is 4. The molecule has 11 heteroatoms. The van der Waals surface area contributed by atoms with Gasteiger partial charge in [-0.1, -0.05) is 23.7 Å². The van der Waals surface area contributed by atoms with E-state index in [1.807, 2.05) is 4.72 Å². The molecule has 3 rings (SSSR count). The number of ether oxygens (including phenoxy) is 1. The molecular formula is C20H18ClF3N2O4S. The van der Waals surface area contributed by atoms with E-state index in [-0.39, 0.29) is 5.69 Å². The Labute approximate surface area is 182 Å². The van der Waals surface area contributed by atoms with Crippen molar-refractivity contribution in [3.05, 3.63) is 64.0 Å². The van der Waals surface area contributed by atoms with E-state index < -0.39 is 39.5 Å². The Morgan fingerprint density at radius 1 is 1.16 bits per heavy atom. The van der Waals surface area contributed by atoms with Crippen molar-refractivity contribution in [2.75, 3.05) is 16.6 Å². The molecule has 1 unspecified atom stereocenters. The zero-order valence-corrected chi connectivity index (χ0v) is 17.5. The van der Waals surface area contributed by atoms with Gasteiger partial charge < -0.3 is 10.1 Å². The summed E-state index contributed by atoms with van der Waals surface area (Å²) in [6.07, 6.45) is -3.18. The monoisotopic (exact) mass is 474 g/mol. The molecule has 0 radical (unpaired) electrons. The molecule has 166 valence electrons. The maximum Gasteiger partial charge on any atom is 0.418 e. The second-order valence-corrected chi connectivity index (χ2v) is 8.75. The predicted octanol–water partition coefficient (Wildman–Crippen LogP) is 4.89. The third-order valence-electron chi connectivity index (χ3n) is 4.38. The number of hydrogen-bond donors (Lipinski definition) is 2. The number of anilines is 2. The van der Waals surface area contributed by atoms with Crippen molar-refractivity contribution in [1.82, 2.24) is 0 Å². The smallest absolute Gasteiger partial charge is 0.368 e. The largest absolute Gasteiger partial charge is 0.418 e. The minimum absolute atomic E-state index is 0.118. The van der Waals surface area contributed by atoms with Crippen LogP contribution < -0.4 is 10.0 Å². The Balaban J connectivity index is 1.80. The lowest BCUT2D eigenvalue weighted by Gasteiger charge is -2.16. The molecule has 1 saturated heterocycles. The molecule has 0 saturated carbocycles. The maximum atomic E-state index is 13.5. The molecule has 1 amide bonds. The van der Waals surface area contributed by atoms with E-state index in [2.05, 4.69) is 5.32 Å². The molecule has 6 nitrogen and oxygen atoms in total. The highest BCUT2D eigenvalue weighted by molar-refractivity contribution is 7.95. The van der Waals surface area contributed by atoms with Gasteiger partial charge in [0.1, 0.15) is 6.10 Å². The first-order chi connectivity index (χ1) is 14.5. The van der Waals surface area contributed by atoms with Crippen LogP contribution in [0.3, 0.4) is 0 Å². The molecular weight excluding hydrogens is 457 g/mol. The molecule has 1 aliphatic rings. The normalized spacial score (nSPS) is 17.1. The summed E-state index contributed by atoms with van der Waals surface area (Å²) in [5.74, 6) is -0.551. The summed E-state index contributed by atoms with van der Waals surface area (Å²) in [4.78, 5) is 12.1. The lowest BCUT2D eigenvalue weighted by molar-refractivity contribution is -0.137. The van der Waals surface area contributed by atoms with Gasteiger partial charge in [0.05, 0.1) is 16.7 Å². The summed E-state index contributed by atoms with van der Waals surface area (Å²) in [6.45, 7) is 0.413. The zero-order valence-electron chi connectivity index (χ0n) is 15.9. The number of carbonyl (C=O) groups is 1. The first-order valence-electron chi connectivity index (χ1n) is 9.14. The number of sulfonamides is 1. The Bertz CT molecular complexity index is 1080. The van der Waals surface area contributed by atoms with Crippen molar-refractivity contribution in [3.8, 4) is 0 Å². The number of rotatable bonds is 6. The summed E-state index contributed by atoms with van der Waals surface area (Å²) >= 11 is 5.76. The van der Waals surface area contributed by atoms with Gasteiger partial charge in [-0.15, -0.1) is 0 Å². The summed E-state index contributed by atoms with van der Waals surface area (Å²) in [5, 5.41) is 3.58. The van der Waals surface area contributed by atoms with Crippen molar-refractivity contribution in [2.45, 2.75) is 25.1 Å². The minimum atomic E-state index is -4.86. The Hall–Kier alpha value is -2.56. The van der Waals surface area contributed by atoms with Crippen molar-refractivity contribution in [3.63, 3.8) is 0 Å². The molecule has 2 aromatic carbocycles. The number of benzene rings is 2. The second kappa shape index (κ2) is 9.29. The van der Waals surface area contributed by atoms with E-state index in [1.54, 1.807) is 24.3 Å². The van der Waals surface area contributed by atoms with Crippen molar-refractivity contribution in [1.29, 1.82) is 0 Å². The summed E-state index contributed by atoms with van der Waals surface area (Å²) in [7, 11) is -4.25. The van der Waals surface area contributed by atoms with Crippen LogP contribution in [0.15, 0.2) is 47.9 Å². The topological polar surface area (TPSA) is 84.5 Å². The molecule has 1 fully saturated rings. The molecule has 31 heavy (non-hydrogen) atoms. The Morgan fingerprint density at radius 3 is 2.48 bits per heavy atom. The highest BCUT2D eigenvalue weighted by Gasteiger charge is 2.35. The number of halogens is 4. The van der Waals surface area contributed by atoms with Crippen LogP contribution in [-0.2, 0) is 25.7 Å². The van der Waals surface area contributed by atoms with Crippen LogP contribution in [0, 0.1) is 0 Å². The van der Waals surface area contributed by atoms with Gasteiger partial charge in [0.15, 0.2) is 0 Å². The molecule has 0 aliphatic carbocycles. The van der Waals surface area contributed by atoms with Crippen LogP contribution in [0.1, 0.15) is 24.0 Å². The molecule has 0 bridgehead atoms. The van der Waals surface area contributed by atoms with Gasteiger partial charge >= 0.3 is 6.18 Å². The summed E-state index contributed by atoms with van der Waals surface area (Å²) in [6, 6.07) is 9.01. The lowest BCUT2D eigenvalue weighted by Crippen LogP contribution is -2.27. The van der Waals surface area contributed by atoms with E-state index in [1.165, 1.54) is 12.1 Å². The fraction of sp³-hybridized carbons (Fsp3) is 0.250. The summed E-state index contributed by atoms with van der Waals surface area (Å²) in [5.41, 5.74) is -1.52. The van der Waals surface area contributed by atoms with Crippen LogP contribution in [0.4, 0.5) is 24.5 Å². The first-order valence-corrected chi connectivity index (χ1v) is 11.1. The molecule has 1 heterocycles. The highest BCUT2D eigenvalue weighted by atomic mass is 35.5. The van der Waals surface area contributed by atoms with Gasteiger partial charge in [-0.2, -0.15) is 13.2 Å². The average Bonchev–Trinajstić information content (AvgIpc) is 3.23. The van der Waals surface area contributed by atoms with Gasteiger partial charge in [0.25, 0.3) is 15.9 Å². The summed E-state index contributed by atoms with van der Waals surface area (Å²) < 4.78 is 72.3. The third kappa shape index (κ3) is 6.46. The number of amides is 1. The first kappa shape index (κ1) is 23.1. The second-order valence-electron chi connectivity index (χ2n) is 6.75. The van der Waals surface area contributed by atoms with Crippen LogP contribution in [0.5, 0.6) is 0 Å². The quantitative estimate of drug-likeness (QED) is 0.624. The van der Waals surface area contributed by atoms with Crippen molar-refractivity contribution < 1.29 is 31.1 Å². The fourth-order valence-corrected chi connectivity index (χ4v) is 3.90. The van der Waals surface area contributed by atoms with Gasteiger partial charge in [-0.3, -0.25) is 9.52 Å². The molecule has 0 spiro atoms. The molecule has 0 aromatic heterocycles. The molecule has 1 atom stereocenters. The van der Waals surface area contributed by atoms with Crippen molar-refractivity contribution >= 4 is 45.0 Å². The predicted molar refractivity (Wildman–Crippen MR) is 112 cm³/mol. The highest BCUT2D eigenvalue weighted by Crippen LogP contribution is 2.37. The van der Waals surface area contributed by atoms with Crippen molar-refractivity contribution in [2.24, 2.45) is 0 Å². The number of alkyl halides is 3. The molecule has 1 aliphatic heterocycles. The van der Waals surface area contributed by atoms with E-state index in [9.17, 15) is 26.4 Å². The van der Waals surface area contributed by atoms with Gasteiger partial charge in [-0.25, -0.2) is 8.42 Å². The standard InChI is InChI=1S/C20H18ClF3N2O4S/c21-14-5-3-13(4-6-14)9-11-31(28,29)26-17-8-7-15(12-16(17)20(22,23)24)25-19(27)18-2-1-10-30-18/h3-9,11-12,18,26H,1-2,10H2,(H,25,27)/b11-9+.